The number of ether oxygens (including phenoxy) is 1. The standard InChI is InChI=1S/C12H15NO3/c14-12(15)5-7-16-10-4-3-9-2-1-6-13-11(9)8-10/h3-4,8,13H,1-2,5-7H2,(H,14,15). The maximum atomic E-state index is 10.3. The molecule has 86 valence electrons. The van der Waals surface area contributed by atoms with Crippen molar-refractivity contribution in [2.75, 3.05) is 18.5 Å². The largest absolute Gasteiger partial charge is 0.493 e. The molecule has 1 aliphatic heterocycles. The van der Waals surface area contributed by atoms with E-state index in [4.69, 9.17) is 9.84 Å². The van der Waals surface area contributed by atoms with E-state index in [2.05, 4.69) is 5.32 Å². The van der Waals surface area contributed by atoms with Gasteiger partial charge < -0.3 is 15.2 Å². The van der Waals surface area contributed by atoms with Crippen molar-refractivity contribution in [1.82, 2.24) is 0 Å². The number of anilines is 1. The summed E-state index contributed by atoms with van der Waals surface area (Å²) in [7, 11) is 0. The number of nitrogens with one attached hydrogen (secondary N) is 1. The third kappa shape index (κ3) is 2.66. The zero-order chi connectivity index (χ0) is 11.4. The molecule has 4 nitrogen and oxygen atoms in total. The molecule has 0 fully saturated rings. The van der Waals surface area contributed by atoms with Crippen molar-refractivity contribution in [3.63, 3.8) is 0 Å². The number of benzene rings is 1. The number of aryl methyl sites for hydroxylation is 1. The van der Waals surface area contributed by atoms with Gasteiger partial charge in [0.1, 0.15) is 5.75 Å². The highest BCUT2D eigenvalue weighted by Crippen LogP contribution is 2.26. The lowest BCUT2D eigenvalue weighted by atomic mass is 10.0. The molecule has 0 aliphatic carbocycles. The summed E-state index contributed by atoms with van der Waals surface area (Å²) < 4.78 is 5.36. The van der Waals surface area contributed by atoms with Gasteiger partial charge in [0.25, 0.3) is 0 Å². The van der Waals surface area contributed by atoms with Crippen molar-refractivity contribution >= 4 is 11.7 Å². The van der Waals surface area contributed by atoms with Gasteiger partial charge in [-0.05, 0) is 24.5 Å². The van der Waals surface area contributed by atoms with E-state index < -0.39 is 5.97 Å². The molecule has 0 aromatic heterocycles. The van der Waals surface area contributed by atoms with E-state index in [1.54, 1.807) is 0 Å². The summed E-state index contributed by atoms with van der Waals surface area (Å²) in [5.74, 6) is -0.106. The molecule has 0 saturated heterocycles. The Morgan fingerprint density at radius 1 is 1.50 bits per heavy atom. The van der Waals surface area contributed by atoms with Gasteiger partial charge in [-0.2, -0.15) is 0 Å². The van der Waals surface area contributed by atoms with Crippen LogP contribution in [0.2, 0.25) is 0 Å². The van der Waals surface area contributed by atoms with Gasteiger partial charge in [0, 0.05) is 18.3 Å². The van der Waals surface area contributed by atoms with Crippen molar-refractivity contribution in [3.8, 4) is 5.75 Å². The Kier molecular flexibility index (Phi) is 3.29. The average molecular weight is 221 g/mol. The first-order valence-corrected chi connectivity index (χ1v) is 5.47. The second kappa shape index (κ2) is 4.88. The van der Waals surface area contributed by atoms with Crippen LogP contribution in [0.3, 0.4) is 0 Å². The summed E-state index contributed by atoms with van der Waals surface area (Å²) in [5, 5.41) is 11.8. The highest BCUT2D eigenvalue weighted by atomic mass is 16.5. The number of hydrogen-bond donors (Lipinski definition) is 2. The fraction of sp³-hybridized carbons (Fsp3) is 0.417. The molecule has 16 heavy (non-hydrogen) atoms. The molecule has 0 radical (unpaired) electrons. The zero-order valence-corrected chi connectivity index (χ0v) is 9.03. The third-order valence-electron chi connectivity index (χ3n) is 2.60. The van der Waals surface area contributed by atoms with Crippen LogP contribution in [-0.4, -0.2) is 24.2 Å². The molecular weight excluding hydrogens is 206 g/mol. The summed E-state index contributed by atoms with van der Waals surface area (Å²) in [6.45, 7) is 1.21. The Morgan fingerprint density at radius 2 is 2.38 bits per heavy atom. The number of hydrogen-bond acceptors (Lipinski definition) is 3. The van der Waals surface area contributed by atoms with Crippen LogP contribution in [0.4, 0.5) is 5.69 Å². The number of carboxylic acid groups (broad SMARTS) is 1. The minimum absolute atomic E-state index is 0.0323. The van der Waals surface area contributed by atoms with E-state index >= 15 is 0 Å². The molecule has 0 bridgehead atoms. The Bertz CT molecular complexity index is 390. The molecule has 2 rings (SSSR count). The molecule has 1 aliphatic rings. The first-order chi connectivity index (χ1) is 7.75. The van der Waals surface area contributed by atoms with Gasteiger partial charge in [-0.15, -0.1) is 0 Å². The van der Waals surface area contributed by atoms with Gasteiger partial charge in [0.05, 0.1) is 13.0 Å². The van der Waals surface area contributed by atoms with Crippen molar-refractivity contribution in [1.29, 1.82) is 0 Å². The predicted molar refractivity (Wildman–Crippen MR) is 61.0 cm³/mol. The number of aliphatic carboxylic acids is 1. The number of rotatable bonds is 4. The average Bonchev–Trinajstić information content (AvgIpc) is 2.28. The van der Waals surface area contributed by atoms with Crippen molar-refractivity contribution in [2.45, 2.75) is 19.3 Å². The minimum atomic E-state index is -0.837. The normalized spacial score (nSPS) is 13.8. The second-order valence-corrected chi connectivity index (χ2v) is 3.84. The lowest BCUT2D eigenvalue weighted by molar-refractivity contribution is -0.137. The summed E-state index contributed by atoms with van der Waals surface area (Å²) in [5.41, 5.74) is 2.41. The van der Waals surface area contributed by atoms with Gasteiger partial charge in [-0.3, -0.25) is 4.79 Å². The first kappa shape index (κ1) is 10.8. The summed E-state index contributed by atoms with van der Waals surface area (Å²) in [6.07, 6.45) is 2.29. The summed E-state index contributed by atoms with van der Waals surface area (Å²) in [4.78, 5) is 10.3. The quantitative estimate of drug-likeness (QED) is 0.815. The Morgan fingerprint density at radius 3 is 3.19 bits per heavy atom. The van der Waals surface area contributed by atoms with Gasteiger partial charge in [-0.1, -0.05) is 6.07 Å². The van der Waals surface area contributed by atoms with Crippen LogP contribution in [0.5, 0.6) is 5.75 Å². The van der Waals surface area contributed by atoms with E-state index in [0.29, 0.717) is 0 Å². The third-order valence-corrected chi connectivity index (χ3v) is 2.60. The van der Waals surface area contributed by atoms with Crippen LogP contribution in [0.15, 0.2) is 18.2 Å². The van der Waals surface area contributed by atoms with Crippen LogP contribution in [0.25, 0.3) is 0 Å². The Labute approximate surface area is 94.2 Å². The molecule has 0 unspecified atom stereocenters. The van der Waals surface area contributed by atoms with Gasteiger partial charge in [-0.25, -0.2) is 0 Å². The fourth-order valence-electron chi connectivity index (χ4n) is 1.79. The second-order valence-electron chi connectivity index (χ2n) is 3.84. The topological polar surface area (TPSA) is 58.6 Å². The van der Waals surface area contributed by atoms with Crippen molar-refractivity contribution in [2.24, 2.45) is 0 Å². The number of fused-ring (bicyclic) bond motifs is 1. The molecular formula is C12H15NO3. The van der Waals surface area contributed by atoms with Crippen molar-refractivity contribution < 1.29 is 14.6 Å². The van der Waals surface area contributed by atoms with Gasteiger partial charge in [0.2, 0.25) is 0 Å². The predicted octanol–water partition coefficient (Wildman–Crippen LogP) is 1.90. The van der Waals surface area contributed by atoms with E-state index in [9.17, 15) is 4.79 Å². The van der Waals surface area contributed by atoms with Crippen LogP contribution in [-0.2, 0) is 11.2 Å². The van der Waals surface area contributed by atoms with E-state index in [-0.39, 0.29) is 13.0 Å². The molecule has 0 saturated carbocycles. The highest BCUT2D eigenvalue weighted by molar-refractivity contribution is 5.66. The van der Waals surface area contributed by atoms with Crippen LogP contribution < -0.4 is 10.1 Å². The molecule has 2 N–H and O–H groups in total. The van der Waals surface area contributed by atoms with E-state index in [1.807, 2.05) is 18.2 Å². The highest BCUT2D eigenvalue weighted by Gasteiger charge is 2.09. The zero-order valence-electron chi connectivity index (χ0n) is 9.03. The fourth-order valence-corrected chi connectivity index (χ4v) is 1.79. The number of carbonyl (C=O) groups is 1. The molecule has 0 amide bonds. The van der Waals surface area contributed by atoms with Gasteiger partial charge in [0.15, 0.2) is 0 Å². The number of carboxylic acids is 1. The van der Waals surface area contributed by atoms with Crippen LogP contribution in [0.1, 0.15) is 18.4 Å². The molecule has 0 spiro atoms. The minimum Gasteiger partial charge on any atom is -0.493 e. The lowest BCUT2D eigenvalue weighted by Crippen LogP contribution is -2.12. The van der Waals surface area contributed by atoms with Crippen LogP contribution in [0, 0.1) is 0 Å². The lowest BCUT2D eigenvalue weighted by Gasteiger charge is -2.18. The van der Waals surface area contributed by atoms with E-state index in [1.165, 1.54) is 5.56 Å². The molecule has 4 heteroatoms. The Hall–Kier alpha value is -1.71. The molecule has 1 aromatic rings. The molecule has 0 atom stereocenters. The van der Waals surface area contributed by atoms with Crippen LogP contribution >= 0.6 is 0 Å². The maximum absolute atomic E-state index is 10.3. The van der Waals surface area contributed by atoms with Gasteiger partial charge >= 0.3 is 5.97 Å². The van der Waals surface area contributed by atoms with E-state index in [0.717, 1.165) is 30.8 Å². The monoisotopic (exact) mass is 221 g/mol. The molecule has 1 heterocycles. The summed E-state index contributed by atoms with van der Waals surface area (Å²) in [6, 6.07) is 5.88. The molecule has 1 aromatic carbocycles. The maximum Gasteiger partial charge on any atom is 0.306 e. The summed E-state index contributed by atoms with van der Waals surface area (Å²) >= 11 is 0. The first-order valence-electron chi connectivity index (χ1n) is 5.47. The SMILES string of the molecule is O=C(O)CCOc1ccc2c(c1)NCCC2. The van der Waals surface area contributed by atoms with Crippen molar-refractivity contribution in [3.05, 3.63) is 23.8 Å². The smallest absolute Gasteiger partial charge is 0.306 e. The Balaban J connectivity index is 1.97.